The van der Waals surface area contributed by atoms with Gasteiger partial charge in [-0.1, -0.05) is 20.8 Å². The van der Waals surface area contributed by atoms with Gasteiger partial charge >= 0.3 is 23.9 Å². The summed E-state index contributed by atoms with van der Waals surface area (Å²) in [5.41, 5.74) is -0.729. The molecule has 0 aliphatic heterocycles. The van der Waals surface area contributed by atoms with Gasteiger partial charge in [0.15, 0.2) is 11.9 Å². The van der Waals surface area contributed by atoms with Crippen LogP contribution in [0, 0.1) is 46.3 Å². The molecule has 0 spiro atoms. The quantitative estimate of drug-likeness (QED) is 0.328. The van der Waals surface area contributed by atoms with E-state index in [0.717, 1.165) is 12.8 Å². The Morgan fingerprint density at radius 1 is 0.925 bits per heavy atom. The average molecular weight is 563 g/mol. The van der Waals surface area contributed by atoms with Crippen LogP contribution in [0.25, 0.3) is 0 Å². The molecule has 0 saturated heterocycles. The predicted molar refractivity (Wildman–Crippen MR) is 143 cm³/mol. The van der Waals surface area contributed by atoms with E-state index >= 15 is 0 Å². The molecule has 4 aliphatic carbocycles. The van der Waals surface area contributed by atoms with E-state index in [2.05, 4.69) is 20.8 Å². The molecule has 4 fully saturated rings. The molecule has 0 bridgehead atoms. The third kappa shape index (κ3) is 5.41. The van der Waals surface area contributed by atoms with Gasteiger partial charge in [0.05, 0.1) is 7.11 Å². The zero-order chi connectivity index (χ0) is 29.6. The van der Waals surface area contributed by atoms with E-state index < -0.39 is 12.1 Å². The summed E-state index contributed by atoms with van der Waals surface area (Å²) in [7, 11) is 1.40. The highest BCUT2D eigenvalue weighted by molar-refractivity contribution is 5.86. The van der Waals surface area contributed by atoms with E-state index in [0.29, 0.717) is 32.1 Å². The molecule has 4 aliphatic rings. The SMILES string of the molecule is COC(=O)CC[C@@H](C)[C@H]1CC[C@H]2[C@@H]3[C@H](OC(C)=O)C[C@@H]4CC(=O)[C@@H](OC(C)=O)C[C@]4(C)[C@H]3C[C@H](OC(C)=O)[C@]12C. The number of rotatable bonds is 7. The number of esters is 4. The summed E-state index contributed by atoms with van der Waals surface area (Å²) in [6, 6.07) is 0. The van der Waals surface area contributed by atoms with Crippen LogP contribution in [0.4, 0.5) is 0 Å². The fourth-order valence-corrected chi connectivity index (χ4v) is 9.59. The molecule has 9 heteroatoms. The molecule has 4 rings (SSSR count). The summed E-state index contributed by atoms with van der Waals surface area (Å²) >= 11 is 0. The maximum absolute atomic E-state index is 13.0. The number of methoxy groups -OCH3 is 1. The van der Waals surface area contributed by atoms with Crippen molar-refractivity contribution in [2.45, 2.75) is 111 Å². The lowest BCUT2D eigenvalue weighted by Gasteiger charge is -2.64. The number of carbonyl (C=O) groups excluding carboxylic acids is 5. The molecular formula is C31H46O9. The Balaban J connectivity index is 1.74. The van der Waals surface area contributed by atoms with Gasteiger partial charge in [-0.05, 0) is 73.5 Å². The molecule has 0 radical (unpaired) electrons. The van der Waals surface area contributed by atoms with Gasteiger partial charge in [-0.3, -0.25) is 24.0 Å². The topological polar surface area (TPSA) is 122 Å². The van der Waals surface area contributed by atoms with Crippen LogP contribution in [0.3, 0.4) is 0 Å². The number of carbonyl (C=O) groups is 5. The molecule has 0 unspecified atom stereocenters. The number of Topliss-reactive ketones (excluding diaryl/α,β-unsaturated/α-hetero) is 1. The van der Waals surface area contributed by atoms with Gasteiger partial charge in [0.25, 0.3) is 0 Å². The zero-order valence-corrected chi connectivity index (χ0v) is 25.0. The molecule has 0 aromatic rings. The largest absolute Gasteiger partial charge is 0.469 e. The Hall–Kier alpha value is -2.45. The first-order valence-electron chi connectivity index (χ1n) is 14.8. The van der Waals surface area contributed by atoms with Crippen LogP contribution in [0.5, 0.6) is 0 Å². The Morgan fingerprint density at radius 2 is 1.57 bits per heavy atom. The number of hydrogen-bond donors (Lipinski definition) is 0. The van der Waals surface area contributed by atoms with Gasteiger partial charge in [0, 0.05) is 44.9 Å². The highest BCUT2D eigenvalue weighted by Gasteiger charge is 2.68. The van der Waals surface area contributed by atoms with Gasteiger partial charge < -0.3 is 18.9 Å². The van der Waals surface area contributed by atoms with Gasteiger partial charge in [-0.25, -0.2) is 0 Å². The van der Waals surface area contributed by atoms with Crippen LogP contribution in [-0.4, -0.2) is 55.1 Å². The molecule has 0 amide bonds. The summed E-state index contributed by atoms with van der Waals surface area (Å²) in [6.45, 7) is 10.8. The monoisotopic (exact) mass is 562 g/mol. The van der Waals surface area contributed by atoms with Crippen molar-refractivity contribution in [2.75, 3.05) is 7.11 Å². The second kappa shape index (κ2) is 11.4. The molecular weight excluding hydrogens is 516 g/mol. The summed E-state index contributed by atoms with van der Waals surface area (Å²) in [6.07, 6.45) is 3.20. The van der Waals surface area contributed by atoms with Crippen molar-refractivity contribution >= 4 is 29.7 Å². The second-order valence-corrected chi connectivity index (χ2v) is 13.3. The van der Waals surface area contributed by atoms with Crippen molar-refractivity contribution < 1.29 is 42.9 Å². The average Bonchev–Trinajstić information content (AvgIpc) is 3.21. The second-order valence-electron chi connectivity index (χ2n) is 13.3. The molecule has 40 heavy (non-hydrogen) atoms. The lowest BCUT2D eigenvalue weighted by atomic mass is 9.43. The van der Waals surface area contributed by atoms with Crippen molar-refractivity contribution in [3.8, 4) is 0 Å². The summed E-state index contributed by atoms with van der Waals surface area (Å²) < 4.78 is 22.6. The van der Waals surface area contributed by atoms with Crippen molar-refractivity contribution in [2.24, 2.45) is 46.3 Å². The molecule has 0 N–H and O–H groups in total. The lowest BCUT2D eigenvalue weighted by Crippen LogP contribution is -2.64. The fourth-order valence-electron chi connectivity index (χ4n) is 9.59. The first-order chi connectivity index (χ1) is 18.7. The van der Waals surface area contributed by atoms with E-state index in [1.165, 1.54) is 27.9 Å². The molecule has 11 atom stereocenters. The van der Waals surface area contributed by atoms with Crippen LogP contribution >= 0.6 is 0 Å². The van der Waals surface area contributed by atoms with Crippen LogP contribution in [0.2, 0.25) is 0 Å². The molecule has 4 saturated carbocycles. The standard InChI is InChI=1S/C31H46O9/c1-16(8-11-28(36)37-7)21-9-10-22-29-23(14-27(31(21,22)6)40-19(4)34)30(5)15-26(39-18(3)33)24(35)12-20(30)13-25(29)38-17(2)32/h16,20-23,25-27,29H,8-15H2,1-7H3/t16-,20+,21-,22+,23+,25-,26+,27+,29+,30+,31-/m1/s1. The van der Waals surface area contributed by atoms with Crippen molar-refractivity contribution in [1.29, 1.82) is 0 Å². The maximum atomic E-state index is 13.0. The van der Waals surface area contributed by atoms with Crippen molar-refractivity contribution in [3.63, 3.8) is 0 Å². The van der Waals surface area contributed by atoms with E-state index in [9.17, 15) is 24.0 Å². The van der Waals surface area contributed by atoms with E-state index in [4.69, 9.17) is 18.9 Å². The van der Waals surface area contributed by atoms with Gasteiger partial charge in [-0.15, -0.1) is 0 Å². The fraction of sp³-hybridized carbons (Fsp3) is 0.839. The molecule has 9 nitrogen and oxygen atoms in total. The highest BCUT2D eigenvalue weighted by Crippen LogP contribution is 2.69. The van der Waals surface area contributed by atoms with Crippen molar-refractivity contribution in [3.05, 3.63) is 0 Å². The number of fused-ring (bicyclic) bond motifs is 5. The zero-order valence-electron chi connectivity index (χ0n) is 25.0. The third-order valence-electron chi connectivity index (χ3n) is 11.3. The minimum absolute atomic E-state index is 0.00769. The highest BCUT2D eigenvalue weighted by atomic mass is 16.6. The first kappa shape index (κ1) is 30.5. The third-order valence-corrected chi connectivity index (χ3v) is 11.3. The number of ketones is 1. The molecule has 0 aromatic carbocycles. The van der Waals surface area contributed by atoms with Crippen molar-refractivity contribution in [1.82, 2.24) is 0 Å². The molecule has 0 aromatic heterocycles. The molecule has 224 valence electrons. The Bertz CT molecular complexity index is 1040. The Morgan fingerprint density at radius 3 is 2.17 bits per heavy atom. The summed E-state index contributed by atoms with van der Waals surface area (Å²) in [4.78, 5) is 61.6. The maximum Gasteiger partial charge on any atom is 0.305 e. The lowest BCUT2D eigenvalue weighted by molar-refractivity contribution is -0.224. The Kier molecular flexibility index (Phi) is 8.72. The number of ether oxygens (including phenoxy) is 4. The smallest absolute Gasteiger partial charge is 0.305 e. The van der Waals surface area contributed by atoms with Gasteiger partial charge in [-0.2, -0.15) is 0 Å². The van der Waals surface area contributed by atoms with E-state index in [1.807, 2.05) is 0 Å². The van der Waals surface area contributed by atoms with Crippen LogP contribution in [0.15, 0.2) is 0 Å². The minimum atomic E-state index is -0.792. The predicted octanol–water partition coefficient (Wildman–Crippen LogP) is 4.43. The summed E-state index contributed by atoms with van der Waals surface area (Å²) in [5.74, 6) is -0.944. The van der Waals surface area contributed by atoms with Gasteiger partial charge in [0.2, 0.25) is 0 Å². The van der Waals surface area contributed by atoms with Gasteiger partial charge in [0.1, 0.15) is 12.2 Å². The minimum Gasteiger partial charge on any atom is -0.469 e. The Labute approximate surface area is 237 Å². The van der Waals surface area contributed by atoms with Crippen LogP contribution in [0.1, 0.15) is 92.9 Å². The van der Waals surface area contributed by atoms with Crippen LogP contribution in [-0.2, 0) is 42.9 Å². The molecule has 0 heterocycles. The van der Waals surface area contributed by atoms with E-state index in [-0.39, 0.29) is 88.7 Å². The van der Waals surface area contributed by atoms with Crippen LogP contribution < -0.4 is 0 Å². The van der Waals surface area contributed by atoms with E-state index in [1.54, 1.807) is 0 Å². The normalized spacial score (nSPS) is 41.0. The first-order valence-corrected chi connectivity index (χ1v) is 14.8. The summed E-state index contributed by atoms with van der Waals surface area (Å²) in [5, 5.41) is 0. The number of hydrogen-bond acceptors (Lipinski definition) is 9.